The van der Waals surface area contributed by atoms with Crippen LogP contribution in [0.2, 0.25) is 0 Å². The Morgan fingerprint density at radius 1 is 1.20 bits per heavy atom. The Bertz CT molecular complexity index is 694. The molecular weight excluding hydrogens is 319 g/mol. The Balaban J connectivity index is 1.49. The molecule has 0 radical (unpaired) electrons. The van der Waals surface area contributed by atoms with E-state index in [1.54, 1.807) is 18.3 Å². The standard InChI is InChI=1S/C19H23FN4O/c1-14-7-10-24(11-8-14)18-13-22-17(12-23-18)19(25)21-9-6-15-2-4-16(20)5-3-15/h2-5,12-14H,6-11H2,1H3,(H,21,25). The highest BCUT2D eigenvalue weighted by Gasteiger charge is 2.17. The van der Waals surface area contributed by atoms with Crippen molar-refractivity contribution in [2.75, 3.05) is 24.5 Å². The molecular formula is C19H23FN4O. The Kier molecular flexibility index (Phi) is 5.58. The summed E-state index contributed by atoms with van der Waals surface area (Å²) in [5.74, 6) is 1.09. The molecule has 2 aromatic rings. The van der Waals surface area contributed by atoms with Gasteiger partial charge in [-0.2, -0.15) is 0 Å². The van der Waals surface area contributed by atoms with Gasteiger partial charge in [0, 0.05) is 19.6 Å². The minimum absolute atomic E-state index is 0.242. The van der Waals surface area contributed by atoms with Gasteiger partial charge in [-0.25, -0.2) is 14.4 Å². The van der Waals surface area contributed by atoms with E-state index >= 15 is 0 Å². The van der Waals surface area contributed by atoms with Gasteiger partial charge in [-0.3, -0.25) is 4.79 Å². The zero-order chi connectivity index (χ0) is 17.6. The maximum absolute atomic E-state index is 12.9. The van der Waals surface area contributed by atoms with E-state index in [0.29, 0.717) is 18.7 Å². The summed E-state index contributed by atoms with van der Waals surface area (Å²) in [5.41, 5.74) is 1.29. The fourth-order valence-corrected chi connectivity index (χ4v) is 2.90. The van der Waals surface area contributed by atoms with E-state index in [1.807, 2.05) is 0 Å². The van der Waals surface area contributed by atoms with Crippen molar-refractivity contribution >= 4 is 11.7 Å². The number of amides is 1. The predicted octanol–water partition coefficient (Wildman–Crippen LogP) is 2.82. The summed E-state index contributed by atoms with van der Waals surface area (Å²) in [7, 11) is 0. The van der Waals surface area contributed by atoms with E-state index in [0.717, 1.165) is 43.2 Å². The molecule has 1 fully saturated rings. The van der Waals surface area contributed by atoms with Crippen LogP contribution in [0.4, 0.5) is 10.2 Å². The number of piperidine rings is 1. The van der Waals surface area contributed by atoms with Crippen LogP contribution in [0.1, 0.15) is 35.8 Å². The molecule has 0 atom stereocenters. The summed E-state index contributed by atoms with van der Waals surface area (Å²) in [6.45, 7) is 4.71. The minimum Gasteiger partial charge on any atom is -0.355 e. The van der Waals surface area contributed by atoms with Crippen LogP contribution in [0.25, 0.3) is 0 Å². The summed E-state index contributed by atoms with van der Waals surface area (Å²) >= 11 is 0. The van der Waals surface area contributed by atoms with Crippen LogP contribution < -0.4 is 10.2 Å². The van der Waals surface area contributed by atoms with E-state index in [-0.39, 0.29) is 11.7 Å². The van der Waals surface area contributed by atoms with Crippen molar-refractivity contribution in [1.29, 1.82) is 0 Å². The maximum Gasteiger partial charge on any atom is 0.271 e. The highest BCUT2D eigenvalue weighted by atomic mass is 19.1. The average molecular weight is 342 g/mol. The van der Waals surface area contributed by atoms with E-state index in [9.17, 15) is 9.18 Å². The molecule has 1 aromatic carbocycles. The molecule has 0 aliphatic carbocycles. The summed E-state index contributed by atoms with van der Waals surface area (Å²) in [6.07, 6.45) is 6.16. The Hall–Kier alpha value is -2.50. The number of hydrogen-bond donors (Lipinski definition) is 1. The van der Waals surface area contributed by atoms with Gasteiger partial charge in [-0.1, -0.05) is 19.1 Å². The normalized spacial score (nSPS) is 15.2. The molecule has 5 nitrogen and oxygen atoms in total. The minimum atomic E-state index is -0.258. The second kappa shape index (κ2) is 8.05. The predicted molar refractivity (Wildman–Crippen MR) is 95.1 cm³/mol. The third-order valence-corrected chi connectivity index (χ3v) is 4.59. The molecule has 0 bridgehead atoms. The molecule has 2 heterocycles. The van der Waals surface area contributed by atoms with Crippen molar-refractivity contribution in [3.63, 3.8) is 0 Å². The van der Waals surface area contributed by atoms with Gasteiger partial charge in [-0.15, -0.1) is 0 Å². The molecule has 1 aromatic heterocycles. The molecule has 1 aliphatic heterocycles. The maximum atomic E-state index is 12.9. The molecule has 25 heavy (non-hydrogen) atoms. The largest absolute Gasteiger partial charge is 0.355 e. The van der Waals surface area contributed by atoms with Gasteiger partial charge in [0.1, 0.15) is 17.3 Å². The number of halogens is 1. The molecule has 1 amide bonds. The molecule has 1 aliphatic rings. The molecule has 0 spiro atoms. The van der Waals surface area contributed by atoms with Gasteiger partial charge in [0.15, 0.2) is 0 Å². The number of hydrogen-bond acceptors (Lipinski definition) is 4. The lowest BCUT2D eigenvalue weighted by Crippen LogP contribution is -2.33. The fourth-order valence-electron chi connectivity index (χ4n) is 2.90. The summed E-state index contributed by atoms with van der Waals surface area (Å²) in [4.78, 5) is 23.0. The van der Waals surface area contributed by atoms with Crippen LogP contribution in [-0.2, 0) is 6.42 Å². The Labute approximate surface area is 147 Å². The molecule has 1 N–H and O–H groups in total. The van der Waals surface area contributed by atoms with Crippen LogP contribution >= 0.6 is 0 Å². The number of nitrogens with one attached hydrogen (secondary N) is 1. The highest BCUT2D eigenvalue weighted by molar-refractivity contribution is 5.92. The second-order valence-corrected chi connectivity index (χ2v) is 6.56. The van der Waals surface area contributed by atoms with Crippen molar-refractivity contribution in [3.05, 3.63) is 53.7 Å². The number of anilines is 1. The monoisotopic (exact) mass is 342 g/mol. The first kappa shape index (κ1) is 17.3. The van der Waals surface area contributed by atoms with Crippen LogP contribution in [0, 0.1) is 11.7 Å². The number of benzene rings is 1. The number of carbonyl (C=O) groups is 1. The summed E-state index contributed by atoms with van der Waals surface area (Å²) in [6, 6.07) is 6.27. The van der Waals surface area contributed by atoms with Gasteiger partial charge in [0.2, 0.25) is 0 Å². The van der Waals surface area contributed by atoms with Crippen molar-refractivity contribution < 1.29 is 9.18 Å². The number of carbonyl (C=O) groups excluding carboxylic acids is 1. The third-order valence-electron chi connectivity index (χ3n) is 4.59. The first-order chi connectivity index (χ1) is 12.1. The average Bonchev–Trinajstić information content (AvgIpc) is 2.64. The van der Waals surface area contributed by atoms with Crippen molar-refractivity contribution in [3.8, 4) is 0 Å². The van der Waals surface area contributed by atoms with Crippen molar-refractivity contribution in [2.45, 2.75) is 26.2 Å². The summed E-state index contributed by atoms with van der Waals surface area (Å²) in [5, 5.41) is 2.82. The van der Waals surface area contributed by atoms with Gasteiger partial charge in [0.05, 0.1) is 12.4 Å². The molecule has 0 unspecified atom stereocenters. The van der Waals surface area contributed by atoms with Gasteiger partial charge in [-0.05, 0) is 42.9 Å². The highest BCUT2D eigenvalue weighted by Crippen LogP contribution is 2.20. The van der Waals surface area contributed by atoms with Crippen LogP contribution in [0.5, 0.6) is 0 Å². The van der Waals surface area contributed by atoms with Crippen molar-refractivity contribution in [2.24, 2.45) is 5.92 Å². The smallest absolute Gasteiger partial charge is 0.271 e. The lowest BCUT2D eigenvalue weighted by molar-refractivity contribution is 0.0949. The molecule has 1 saturated heterocycles. The number of aromatic nitrogens is 2. The van der Waals surface area contributed by atoms with E-state index in [4.69, 9.17) is 0 Å². The van der Waals surface area contributed by atoms with Crippen molar-refractivity contribution in [1.82, 2.24) is 15.3 Å². The first-order valence-corrected chi connectivity index (χ1v) is 8.71. The fraction of sp³-hybridized carbons (Fsp3) is 0.421. The van der Waals surface area contributed by atoms with Crippen LogP contribution in [0.15, 0.2) is 36.7 Å². The van der Waals surface area contributed by atoms with E-state index in [2.05, 4.69) is 27.1 Å². The van der Waals surface area contributed by atoms with Crippen LogP contribution in [0.3, 0.4) is 0 Å². The summed E-state index contributed by atoms with van der Waals surface area (Å²) < 4.78 is 12.9. The molecule has 0 saturated carbocycles. The van der Waals surface area contributed by atoms with E-state index in [1.165, 1.54) is 18.3 Å². The molecule has 3 rings (SSSR count). The number of nitrogens with zero attached hydrogens (tertiary/aromatic N) is 3. The van der Waals surface area contributed by atoms with Gasteiger partial charge < -0.3 is 10.2 Å². The third kappa shape index (κ3) is 4.75. The topological polar surface area (TPSA) is 58.1 Å². The zero-order valence-electron chi connectivity index (χ0n) is 14.4. The van der Waals surface area contributed by atoms with E-state index < -0.39 is 0 Å². The lowest BCUT2D eigenvalue weighted by atomic mass is 9.99. The molecule has 132 valence electrons. The second-order valence-electron chi connectivity index (χ2n) is 6.56. The lowest BCUT2D eigenvalue weighted by Gasteiger charge is -2.30. The molecule has 6 heteroatoms. The van der Waals surface area contributed by atoms with Crippen LogP contribution in [-0.4, -0.2) is 35.5 Å². The zero-order valence-corrected chi connectivity index (χ0v) is 14.4. The first-order valence-electron chi connectivity index (χ1n) is 8.71. The Morgan fingerprint density at radius 2 is 1.92 bits per heavy atom. The van der Waals surface area contributed by atoms with Gasteiger partial charge in [0.25, 0.3) is 5.91 Å². The number of rotatable bonds is 5. The van der Waals surface area contributed by atoms with Gasteiger partial charge >= 0.3 is 0 Å². The Morgan fingerprint density at radius 3 is 2.56 bits per heavy atom. The quantitative estimate of drug-likeness (QED) is 0.908. The SMILES string of the molecule is CC1CCN(c2cnc(C(=O)NCCc3ccc(F)cc3)cn2)CC1.